The van der Waals surface area contributed by atoms with Gasteiger partial charge in [0.25, 0.3) is 0 Å². The van der Waals surface area contributed by atoms with Crippen LogP contribution in [-0.2, 0) is 9.53 Å². The monoisotopic (exact) mass is 220 g/mol. The molecule has 0 heterocycles. The van der Waals surface area contributed by atoms with Gasteiger partial charge in [-0.15, -0.1) is 0 Å². The largest absolute Gasteiger partial charge is 0.426 e. The summed E-state index contributed by atoms with van der Waals surface area (Å²) < 4.78 is 10.4. The molecule has 0 spiro atoms. The second-order valence-electron chi connectivity index (χ2n) is 4.14. The molecule has 0 radical (unpaired) electrons. The average molecular weight is 220 g/mol. The Balaban J connectivity index is 1.98. The predicted octanol–water partition coefficient (Wildman–Crippen LogP) is 2.71. The summed E-state index contributed by atoms with van der Waals surface area (Å²) in [6.45, 7) is 1.98. The number of carbonyl (C=O) groups is 1. The van der Waals surface area contributed by atoms with Gasteiger partial charge in [-0.3, -0.25) is 4.79 Å². The lowest BCUT2D eigenvalue weighted by atomic mass is 10.1. The van der Waals surface area contributed by atoms with Crippen molar-refractivity contribution in [2.75, 3.05) is 7.11 Å². The molecule has 0 aromatic heterocycles. The van der Waals surface area contributed by atoms with E-state index in [1.165, 1.54) is 0 Å². The zero-order chi connectivity index (χ0) is 11.5. The Morgan fingerprint density at radius 2 is 1.94 bits per heavy atom. The lowest BCUT2D eigenvalue weighted by Gasteiger charge is -2.10. The van der Waals surface area contributed by atoms with E-state index in [9.17, 15) is 4.79 Å². The molecule has 1 saturated carbocycles. The highest BCUT2D eigenvalue weighted by molar-refractivity contribution is 5.77. The molecular formula is C13H16O3. The van der Waals surface area contributed by atoms with Crippen LogP contribution in [0.3, 0.4) is 0 Å². The summed E-state index contributed by atoms with van der Waals surface area (Å²) >= 11 is 0. The van der Waals surface area contributed by atoms with Gasteiger partial charge in [0.2, 0.25) is 0 Å². The number of methoxy groups -OCH3 is 1. The lowest BCUT2D eigenvalue weighted by Crippen LogP contribution is -2.09. The maximum atomic E-state index is 11.4. The molecule has 0 aliphatic heterocycles. The van der Waals surface area contributed by atoms with E-state index in [2.05, 4.69) is 0 Å². The first-order valence-electron chi connectivity index (χ1n) is 5.55. The van der Waals surface area contributed by atoms with E-state index < -0.39 is 0 Å². The van der Waals surface area contributed by atoms with Gasteiger partial charge in [-0.25, -0.2) is 0 Å². The summed E-state index contributed by atoms with van der Waals surface area (Å²) in [4.78, 5) is 11.4. The van der Waals surface area contributed by atoms with Crippen LogP contribution in [-0.4, -0.2) is 13.1 Å². The summed E-state index contributed by atoms with van der Waals surface area (Å²) in [5.74, 6) is 0.647. The van der Waals surface area contributed by atoms with E-state index in [1.807, 2.05) is 31.2 Å². The minimum atomic E-state index is -0.104. The Bertz CT molecular complexity index is 365. The van der Waals surface area contributed by atoms with Crippen molar-refractivity contribution >= 4 is 5.97 Å². The first kappa shape index (κ1) is 11.1. The van der Waals surface area contributed by atoms with Crippen LogP contribution < -0.4 is 4.74 Å². The summed E-state index contributed by atoms with van der Waals surface area (Å²) in [6.07, 6.45) is 2.00. The molecule has 0 N–H and O–H groups in total. The van der Waals surface area contributed by atoms with E-state index in [1.54, 1.807) is 7.11 Å². The summed E-state index contributed by atoms with van der Waals surface area (Å²) in [5.41, 5.74) is 1.08. The van der Waals surface area contributed by atoms with Crippen molar-refractivity contribution in [3.63, 3.8) is 0 Å². The third kappa shape index (κ3) is 2.61. The standard InChI is InChI=1S/C13H16O3/c1-9(15-2)10-5-7-12(8-6-10)16-13(14)11-3-4-11/h5-9,11H,3-4H2,1-2H3. The zero-order valence-electron chi connectivity index (χ0n) is 9.60. The summed E-state index contributed by atoms with van der Waals surface area (Å²) in [5, 5.41) is 0. The third-order valence-electron chi connectivity index (χ3n) is 2.83. The minimum absolute atomic E-state index is 0.0631. The van der Waals surface area contributed by atoms with E-state index in [-0.39, 0.29) is 18.0 Å². The second-order valence-corrected chi connectivity index (χ2v) is 4.14. The number of rotatable bonds is 4. The van der Waals surface area contributed by atoms with Crippen LogP contribution in [0.15, 0.2) is 24.3 Å². The molecule has 0 saturated heterocycles. The maximum absolute atomic E-state index is 11.4. The fraction of sp³-hybridized carbons (Fsp3) is 0.462. The Morgan fingerprint density at radius 1 is 1.31 bits per heavy atom. The van der Waals surface area contributed by atoms with Crippen molar-refractivity contribution in [3.05, 3.63) is 29.8 Å². The van der Waals surface area contributed by atoms with Crippen molar-refractivity contribution in [2.45, 2.75) is 25.9 Å². The first-order chi connectivity index (χ1) is 7.70. The summed E-state index contributed by atoms with van der Waals surface area (Å²) in [6, 6.07) is 7.46. The zero-order valence-corrected chi connectivity index (χ0v) is 9.60. The SMILES string of the molecule is COC(C)c1ccc(OC(=O)C2CC2)cc1. The molecule has 1 fully saturated rings. The van der Waals surface area contributed by atoms with E-state index >= 15 is 0 Å². The highest BCUT2D eigenvalue weighted by Crippen LogP contribution is 2.31. The number of benzene rings is 1. The van der Waals surface area contributed by atoms with Crippen LogP contribution in [0.25, 0.3) is 0 Å². The predicted molar refractivity (Wildman–Crippen MR) is 60.2 cm³/mol. The summed E-state index contributed by atoms with van der Waals surface area (Å²) in [7, 11) is 1.67. The van der Waals surface area contributed by atoms with Gasteiger partial charge in [-0.1, -0.05) is 12.1 Å². The molecule has 1 unspecified atom stereocenters. The van der Waals surface area contributed by atoms with Gasteiger partial charge >= 0.3 is 5.97 Å². The molecule has 3 nitrogen and oxygen atoms in total. The van der Waals surface area contributed by atoms with E-state index in [0.29, 0.717) is 5.75 Å². The van der Waals surface area contributed by atoms with Gasteiger partial charge < -0.3 is 9.47 Å². The van der Waals surface area contributed by atoms with Crippen molar-refractivity contribution < 1.29 is 14.3 Å². The van der Waals surface area contributed by atoms with Crippen LogP contribution in [0.1, 0.15) is 31.4 Å². The van der Waals surface area contributed by atoms with E-state index in [4.69, 9.17) is 9.47 Å². The Morgan fingerprint density at radius 3 is 2.44 bits per heavy atom. The van der Waals surface area contributed by atoms with Gasteiger partial charge in [0.1, 0.15) is 5.75 Å². The van der Waals surface area contributed by atoms with Crippen molar-refractivity contribution in [3.8, 4) is 5.75 Å². The van der Waals surface area contributed by atoms with Crippen molar-refractivity contribution in [1.82, 2.24) is 0 Å². The van der Waals surface area contributed by atoms with Crippen LogP contribution in [0.5, 0.6) is 5.75 Å². The smallest absolute Gasteiger partial charge is 0.314 e. The average Bonchev–Trinajstić information content (AvgIpc) is 3.13. The number of hydrogen-bond donors (Lipinski definition) is 0. The molecule has 1 aliphatic carbocycles. The fourth-order valence-corrected chi connectivity index (χ4v) is 1.46. The van der Waals surface area contributed by atoms with Crippen LogP contribution in [0.2, 0.25) is 0 Å². The topological polar surface area (TPSA) is 35.5 Å². The van der Waals surface area contributed by atoms with Crippen molar-refractivity contribution in [2.24, 2.45) is 5.92 Å². The molecule has 2 rings (SSSR count). The Hall–Kier alpha value is -1.35. The molecule has 86 valence electrons. The normalized spacial score (nSPS) is 16.9. The molecule has 16 heavy (non-hydrogen) atoms. The molecule has 1 aliphatic rings. The minimum Gasteiger partial charge on any atom is -0.426 e. The van der Waals surface area contributed by atoms with Gasteiger partial charge in [-0.05, 0) is 37.5 Å². The highest BCUT2D eigenvalue weighted by Gasteiger charge is 2.31. The van der Waals surface area contributed by atoms with Gasteiger partial charge in [0.05, 0.1) is 12.0 Å². The fourth-order valence-electron chi connectivity index (χ4n) is 1.46. The van der Waals surface area contributed by atoms with Crippen LogP contribution >= 0.6 is 0 Å². The maximum Gasteiger partial charge on any atom is 0.314 e. The van der Waals surface area contributed by atoms with Gasteiger partial charge in [0.15, 0.2) is 0 Å². The van der Waals surface area contributed by atoms with Crippen LogP contribution in [0, 0.1) is 5.92 Å². The molecule has 1 aromatic carbocycles. The molecule has 0 amide bonds. The molecular weight excluding hydrogens is 204 g/mol. The van der Waals surface area contributed by atoms with Crippen LogP contribution in [0.4, 0.5) is 0 Å². The Labute approximate surface area is 95.4 Å². The Kier molecular flexibility index (Phi) is 3.25. The number of esters is 1. The number of hydrogen-bond acceptors (Lipinski definition) is 3. The first-order valence-corrected chi connectivity index (χ1v) is 5.55. The van der Waals surface area contributed by atoms with E-state index in [0.717, 1.165) is 18.4 Å². The molecule has 3 heteroatoms. The molecule has 1 atom stereocenters. The van der Waals surface area contributed by atoms with Crippen molar-refractivity contribution in [1.29, 1.82) is 0 Å². The quantitative estimate of drug-likeness (QED) is 0.578. The second kappa shape index (κ2) is 4.66. The number of ether oxygens (including phenoxy) is 2. The molecule has 1 aromatic rings. The highest BCUT2D eigenvalue weighted by atomic mass is 16.5. The lowest BCUT2D eigenvalue weighted by molar-refractivity contribution is -0.135. The number of carbonyl (C=O) groups excluding carboxylic acids is 1. The third-order valence-corrected chi connectivity index (χ3v) is 2.83. The van der Waals surface area contributed by atoms with Gasteiger partial charge in [0, 0.05) is 7.11 Å². The van der Waals surface area contributed by atoms with Gasteiger partial charge in [-0.2, -0.15) is 0 Å². The molecule has 0 bridgehead atoms.